The Kier molecular flexibility index (Phi) is 4.54. The number of carbonyl (C=O) groups excluding carboxylic acids is 1. The Morgan fingerprint density at radius 2 is 2.10 bits per heavy atom. The number of hydrogen-bond acceptors (Lipinski definition) is 4. The number of halogens is 2. The molecule has 0 aliphatic carbocycles. The number of carbonyl (C=O) groups is 1. The molecule has 1 aromatic carbocycles. The first kappa shape index (κ1) is 15.4. The second kappa shape index (κ2) is 6.19. The fourth-order valence-electron chi connectivity index (χ4n) is 1.60. The summed E-state index contributed by atoms with van der Waals surface area (Å²) < 4.78 is 0.814. The minimum Gasteiger partial charge on any atom is -0.307 e. The molecule has 0 unspecified atom stereocenters. The summed E-state index contributed by atoms with van der Waals surface area (Å²) >= 11 is 9.21. The van der Waals surface area contributed by atoms with Gasteiger partial charge in [-0.05, 0) is 41.1 Å². The summed E-state index contributed by atoms with van der Waals surface area (Å²) in [5.41, 5.74) is 0.524. The summed E-state index contributed by atoms with van der Waals surface area (Å²) in [7, 11) is 0. The largest absolute Gasteiger partial charge is 0.307 e. The molecule has 0 bridgehead atoms. The molecule has 0 aliphatic heterocycles. The third-order valence-electron chi connectivity index (χ3n) is 2.67. The number of rotatable bonds is 3. The van der Waals surface area contributed by atoms with Gasteiger partial charge in [-0.25, -0.2) is 4.98 Å². The number of aryl methyl sites for hydroxylation is 1. The Morgan fingerprint density at radius 1 is 1.38 bits per heavy atom. The number of pyridine rings is 1. The predicted octanol–water partition coefficient (Wildman–Crippen LogP) is 3.97. The number of nitrogens with zero attached hydrogens (tertiary/aromatic N) is 2. The van der Waals surface area contributed by atoms with Crippen molar-refractivity contribution in [3.8, 4) is 0 Å². The van der Waals surface area contributed by atoms with Crippen molar-refractivity contribution in [2.24, 2.45) is 0 Å². The Hall–Kier alpha value is -1.99. The summed E-state index contributed by atoms with van der Waals surface area (Å²) in [6.45, 7) is 1.78. The van der Waals surface area contributed by atoms with Crippen molar-refractivity contribution in [1.29, 1.82) is 0 Å². The lowest BCUT2D eigenvalue weighted by Crippen LogP contribution is -2.14. The van der Waals surface area contributed by atoms with Crippen molar-refractivity contribution < 1.29 is 9.72 Å². The molecule has 2 rings (SSSR count). The molecule has 0 atom stereocenters. The molecule has 0 spiro atoms. The molecule has 1 heterocycles. The van der Waals surface area contributed by atoms with E-state index in [1.165, 1.54) is 12.1 Å². The maximum atomic E-state index is 12.1. The first-order valence-corrected chi connectivity index (χ1v) is 6.94. The maximum absolute atomic E-state index is 12.1. The zero-order chi connectivity index (χ0) is 15.6. The topological polar surface area (TPSA) is 85.1 Å². The van der Waals surface area contributed by atoms with E-state index in [0.29, 0.717) is 11.5 Å². The average Bonchev–Trinajstić information content (AvgIpc) is 2.43. The smallest absolute Gasteiger partial charge is 0.270 e. The molecule has 108 valence electrons. The zero-order valence-corrected chi connectivity index (χ0v) is 13.1. The highest BCUT2D eigenvalue weighted by Gasteiger charge is 2.16. The quantitative estimate of drug-likeness (QED) is 0.654. The Balaban J connectivity index is 2.29. The molecular weight excluding hydrogens is 362 g/mol. The number of nitro benzene ring substituents is 1. The third-order valence-corrected chi connectivity index (χ3v) is 3.84. The molecule has 1 aromatic heterocycles. The first-order chi connectivity index (χ1) is 9.88. The SMILES string of the molecule is Cc1nc(NC(=O)c2cc([N+](=O)[O-])ccc2Cl)ccc1Br. The van der Waals surface area contributed by atoms with Gasteiger partial charge in [0, 0.05) is 16.6 Å². The summed E-state index contributed by atoms with van der Waals surface area (Å²) in [6.07, 6.45) is 0. The molecule has 6 nitrogen and oxygen atoms in total. The van der Waals surface area contributed by atoms with Gasteiger partial charge in [-0.1, -0.05) is 11.6 Å². The molecule has 0 fully saturated rings. The van der Waals surface area contributed by atoms with Gasteiger partial charge in [-0.3, -0.25) is 14.9 Å². The van der Waals surface area contributed by atoms with Gasteiger partial charge >= 0.3 is 0 Å². The predicted molar refractivity (Wildman–Crippen MR) is 82.7 cm³/mol. The van der Waals surface area contributed by atoms with Crippen LogP contribution in [-0.2, 0) is 0 Å². The van der Waals surface area contributed by atoms with Crippen molar-refractivity contribution in [2.75, 3.05) is 5.32 Å². The number of amides is 1. The minimum absolute atomic E-state index is 0.0215. The molecule has 0 aliphatic rings. The molecule has 8 heteroatoms. The average molecular weight is 371 g/mol. The molecule has 2 aromatic rings. The van der Waals surface area contributed by atoms with Gasteiger partial charge in [0.1, 0.15) is 5.82 Å². The van der Waals surface area contributed by atoms with Gasteiger partial charge in [0.05, 0.1) is 21.2 Å². The lowest BCUT2D eigenvalue weighted by Gasteiger charge is -2.07. The monoisotopic (exact) mass is 369 g/mol. The van der Waals surface area contributed by atoms with Crippen LogP contribution in [0.15, 0.2) is 34.8 Å². The van der Waals surface area contributed by atoms with Crippen LogP contribution in [0.4, 0.5) is 11.5 Å². The van der Waals surface area contributed by atoms with E-state index >= 15 is 0 Å². The van der Waals surface area contributed by atoms with Crippen LogP contribution in [0.25, 0.3) is 0 Å². The van der Waals surface area contributed by atoms with Crippen molar-refractivity contribution in [3.63, 3.8) is 0 Å². The van der Waals surface area contributed by atoms with Crippen molar-refractivity contribution >= 4 is 44.9 Å². The van der Waals surface area contributed by atoms with E-state index in [9.17, 15) is 14.9 Å². The van der Waals surface area contributed by atoms with Crippen LogP contribution in [0.3, 0.4) is 0 Å². The van der Waals surface area contributed by atoms with E-state index in [2.05, 4.69) is 26.2 Å². The zero-order valence-electron chi connectivity index (χ0n) is 10.8. The van der Waals surface area contributed by atoms with E-state index in [0.717, 1.165) is 10.5 Å². The van der Waals surface area contributed by atoms with Gasteiger partial charge in [0.2, 0.25) is 0 Å². The van der Waals surface area contributed by atoms with E-state index < -0.39 is 10.8 Å². The van der Waals surface area contributed by atoms with Crippen molar-refractivity contribution in [2.45, 2.75) is 6.92 Å². The van der Waals surface area contributed by atoms with Gasteiger partial charge in [0.25, 0.3) is 11.6 Å². The van der Waals surface area contributed by atoms with E-state index in [1.54, 1.807) is 19.1 Å². The third kappa shape index (κ3) is 3.56. The highest BCUT2D eigenvalue weighted by molar-refractivity contribution is 9.10. The molecule has 21 heavy (non-hydrogen) atoms. The first-order valence-electron chi connectivity index (χ1n) is 5.77. The Labute approximate surface area is 133 Å². The van der Waals surface area contributed by atoms with Crippen LogP contribution >= 0.6 is 27.5 Å². The van der Waals surface area contributed by atoms with Crippen LogP contribution in [0.2, 0.25) is 5.02 Å². The van der Waals surface area contributed by atoms with Gasteiger partial charge in [-0.2, -0.15) is 0 Å². The normalized spacial score (nSPS) is 10.2. The van der Waals surface area contributed by atoms with E-state index in [1.807, 2.05) is 0 Å². The summed E-state index contributed by atoms with van der Waals surface area (Å²) in [5.74, 6) is -0.221. The molecule has 1 amide bonds. The summed E-state index contributed by atoms with van der Waals surface area (Å²) in [6, 6.07) is 7.03. The Bertz CT molecular complexity index is 737. The van der Waals surface area contributed by atoms with Crippen LogP contribution in [0.5, 0.6) is 0 Å². The maximum Gasteiger partial charge on any atom is 0.270 e. The van der Waals surface area contributed by atoms with Crippen LogP contribution in [0, 0.1) is 17.0 Å². The number of aromatic nitrogens is 1. The fourth-order valence-corrected chi connectivity index (χ4v) is 2.02. The molecule has 0 radical (unpaired) electrons. The summed E-state index contributed by atoms with van der Waals surface area (Å²) in [5, 5.41) is 13.4. The minimum atomic E-state index is -0.588. The molecular formula is C13H9BrClN3O3. The van der Waals surface area contributed by atoms with Gasteiger partial charge < -0.3 is 5.32 Å². The van der Waals surface area contributed by atoms with Crippen LogP contribution in [0.1, 0.15) is 16.1 Å². The lowest BCUT2D eigenvalue weighted by molar-refractivity contribution is -0.384. The van der Waals surface area contributed by atoms with Gasteiger partial charge in [0.15, 0.2) is 0 Å². The second-order valence-corrected chi connectivity index (χ2v) is 5.40. The molecule has 1 N–H and O–H groups in total. The van der Waals surface area contributed by atoms with Gasteiger partial charge in [-0.15, -0.1) is 0 Å². The number of anilines is 1. The van der Waals surface area contributed by atoms with Crippen LogP contribution < -0.4 is 5.32 Å². The standard InChI is InChI=1S/C13H9BrClN3O3/c1-7-10(14)3-5-12(16-7)17-13(19)9-6-8(18(20)21)2-4-11(9)15/h2-6H,1H3,(H,16,17,19). The number of nitrogens with one attached hydrogen (secondary N) is 1. The fraction of sp³-hybridized carbons (Fsp3) is 0.0769. The lowest BCUT2D eigenvalue weighted by atomic mass is 10.2. The highest BCUT2D eigenvalue weighted by Crippen LogP contribution is 2.23. The number of nitro groups is 1. The van der Waals surface area contributed by atoms with Crippen LogP contribution in [-0.4, -0.2) is 15.8 Å². The van der Waals surface area contributed by atoms with E-state index in [-0.39, 0.29) is 16.3 Å². The van der Waals surface area contributed by atoms with Crippen molar-refractivity contribution in [3.05, 3.63) is 61.2 Å². The second-order valence-electron chi connectivity index (χ2n) is 4.14. The summed E-state index contributed by atoms with van der Waals surface area (Å²) in [4.78, 5) is 26.5. The molecule has 0 saturated carbocycles. The highest BCUT2D eigenvalue weighted by atomic mass is 79.9. The van der Waals surface area contributed by atoms with E-state index in [4.69, 9.17) is 11.6 Å². The number of non-ortho nitro benzene ring substituents is 1. The number of benzene rings is 1. The van der Waals surface area contributed by atoms with Crippen molar-refractivity contribution in [1.82, 2.24) is 4.98 Å². The number of hydrogen-bond donors (Lipinski definition) is 1. The molecule has 0 saturated heterocycles. The Morgan fingerprint density at radius 3 is 2.71 bits per heavy atom.